The predicted molar refractivity (Wildman–Crippen MR) is 59.6 cm³/mol. The van der Waals surface area contributed by atoms with Crippen LogP contribution in [0.2, 0.25) is 0 Å². The van der Waals surface area contributed by atoms with Gasteiger partial charge in [0.15, 0.2) is 0 Å². The molecule has 2 heterocycles. The van der Waals surface area contributed by atoms with Crippen molar-refractivity contribution in [1.82, 2.24) is 9.80 Å². The van der Waals surface area contributed by atoms with Gasteiger partial charge in [-0.05, 0) is 13.5 Å². The van der Waals surface area contributed by atoms with Gasteiger partial charge in [-0.3, -0.25) is 4.90 Å². The predicted octanol–water partition coefficient (Wildman–Crippen LogP) is 1.05. The Morgan fingerprint density at radius 2 is 1.71 bits per heavy atom. The Morgan fingerprint density at radius 1 is 1.07 bits per heavy atom. The van der Waals surface area contributed by atoms with Crippen LogP contribution in [-0.2, 0) is 4.74 Å². The van der Waals surface area contributed by atoms with E-state index >= 15 is 0 Å². The van der Waals surface area contributed by atoms with E-state index in [2.05, 4.69) is 16.8 Å². The van der Waals surface area contributed by atoms with E-state index in [1.54, 1.807) is 0 Å². The molecule has 0 radical (unpaired) electrons. The first-order valence-corrected chi connectivity index (χ1v) is 5.86. The Bertz CT molecular complexity index is 138. The van der Waals surface area contributed by atoms with Crippen molar-refractivity contribution in [3.8, 4) is 0 Å². The highest BCUT2D eigenvalue weighted by atomic mass is 16.5. The molecule has 0 spiro atoms. The van der Waals surface area contributed by atoms with Gasteiger partial charge < -0.3 is 9.64 Å². The van der Waals surface area contributed by atoms with Crippen molar-refractivity contribution in [1.29, 1.82) is 0 Å². The van der Waals surface area contributed by atoms with Crippen molar-refractivity contribution in [2.45, 2.75) is 26.3 Å². The van der Waals surface area contributed by atoms with Crippen LogP contribution >= 0.6 is 0 Å². The topological polar surface area (TPSA) is 15.7 Å². The van der Waals surface area contributed by atoms with Gasteiger partial charge in [-0.25, -0.2) is 0 Å². The van der Waals surface area contributed by atoms with Gasteiger partial charge in [0.2, 0.25) is 0 Å². The lowest BCUT2D eigenvalue weighted by molar-refractivity contribution is 0.0963. The van der Waals surface area contributed by atoms with E-state index in [0.717, 1.165) is 19.3 Å². The van der Waals surface area contributed by atoms with E-state index in [9.17, 15) is 0 Å². The zero-order valence-electron chi connectivity index (χ0n) is 9.83. The van der Waals surface area contributed by atoms with Crippen LogP contribution in [0.25, 0.3) is 0 Å². The minimum absolute atomic E-state index is 0.721. The molecule has 0 aromatic carbocycles. The van der Waals surface area contributed by atoms with E-state index < -0.39 is 0 Å². The van der Waals surface area contributed by atoms with Crippen LogP contribution in [0.3, 0.4) is 0 Å². The fraction of sp³-hybridized carbons (Fsp3) is 1.00. The fourth-order valence-corrected chi connectivity index (χ4v) is 2.00. The third-order valence-corrected chi connectivity index (χ3v) is 2.96. The Hall–Kier alpha value is -0.120. The maximum Gasteiger partial charge on any atom is 0.0622 e. The quantitative estimate of drug-likeness (QED) is 0.629. The highest BCUT2D eigenvalue weighted by Gasteiger charge is 2.25. The van der Waals surface area contributed by atoms with Gasteiger partial charge in [0, 0.05) is 38.8 Å². The van der Waals surface area contributed by atoms with Gasteiger partial charge in [-0.1, -0.05) is 13.8 Å². The van der Waals surface area contributed by atoms with E-state index in [0.29, 0.717) is 0 Å². The first-order chi connectivity index (χ1) is 6.86. The molecule has 1 atom stereocenters. The van der Waals surface area contributed by atoms with Crippen LogP contribution in [0.1, 0.15) is 20.3 Å². The van der Waals surface area contributed by atoms with E-state index in [1.165, 1.54) is 32.6 Å². The van der Waals surface area contributed by atoms with E-state index in [-0.39, 0.29) is 0 Å². The molecule has 84 valence electrons. The Morgan fingerprint density at radius 3 is 2.21 bits per heavy atom. The fourth-order valence-electron chi connectivity index (χ4n) is 2.00. The molecule has 2 fully saturated rings. The van der Waals surface area contributed by atoms with Gasteiger partial charge >= 0.3 is 0 Å². The molecule has 0 saturated carbocycles. The molecule has 2 aliphatic heterocycles. The number of ether oxygens (including phenoxy) is 1. The molecule has 2 rings (SSSR count). The number of piperazine rings is 1. The van der Waals surface area contributed by atoms with Crippen LogP contribution < -0.4 is 0 Å². The van der Waals surface area contributed by atoms with Crippen molar-refractivity contribution in [3.05, 3.63) is 0 Å². The number of hydrogen-bond donors (Lipinski definition) is 0. The lowest BCUT2D eigenvalue weighted by atomic mass is 10.2. The summed E-state index contributed by atoms with van der Waals surface area (Å²) in [5, 5.41) is 0. The Kier molecular flexibility index (Phi) is 5.45. The maximum absolute atomic E-state index is 5.38. The first-order valence-electron chi connectivity index (χ1n) is 5.86. The van der Waals surface area contributed by atoms with Crippen molar-refractivity contribution in [2.75, 3.05) is 46.4 Å². The molecule has 3 heteroatoms. The minimum atomic E-state index is 0.721. The van der Waals surface area contributed by atoms with Gasteiger partial charge in [0.25, 0.3) is 0 Å². The van der Waals surface area contributed by atoms with Crippen molar-refractivity contribution in [3.63, 3.8) is 0 Å². The third-order valence-electron chi connectivity index (χ3n) is 2.96. The summed E-state index contributed by atoms with van der Waals surface area (Å²) >= 11 is 0. The molecule has 0 N–H and O–H groups in total. The molecule has 0 aromatic heterocycles. The number of rotatable bonds is 1. The normalized spacial score (nSPS) is 29.8. The van der Waals surface area contributed by atoms with Gasteiger partial charge in [-0.2, -0.15) is 0 Å². The SMILES string of the molecule is CC.CN1CCN(C2CCOC2)CC1. The second-order valence-corrected chi connectivity index (χ2v) is 3.86. The lowest BCUT2D eigenvalue weighted by Gasteiger charge is -2.35. The van der Waals surface area contributed by atoms with E-state index in [1.807, 2.05) is 13.8 Å². The molecule has 14 heavy (non-hydrogen) atoms. The van der Waals surface area contributed by atoms with Gasteiger partial charge in [0.05, 0.1) is 6.61 Å². The zero-order valence-corrected chi connectivity index (χ0v) is 9.83. The summed E-state index contributed by atoms with van der Waals surface area (Å²) in [6, 6.07) is 0.721. The van der Waals surface area contributed by atoms with Gasteiger partial charge in [-0.15, -0.1) is 0 Å². The van der Waals surface area contributed by atoms with Crippen LogP contribution in [0.4, 0.5) is 0 Å². The Labute approximate surface area is 88.0 Å². The molecular formula is C11H24N2O. The van der Waals surface area contributed by atoms with Crippen molar-refractivity contribution in [2.24, 2.45) is 0 Å². The molecule has 0 bridgehead atoms. The molecule has 2 aliphatic rings. The highest BCUT2D eigenvalue weighted by molar-refractivity contribution is 4.79. The first kappa shape index (κ1) is 12.0. The lowest BCUT2D eigenvalue weighted by Crippen LogP contribution is -2.49. The monoisotopic (exact) mass is 200 g/mol. The smallest absolute Gasteiger partial charge is 0.0622 e. The zero-order chi connectivity index (χ0) is 10.4. The van der Waals surface area contributed by atoms with Crippen molar-refractivity contribution >= 4 is 0 Å². The van der Waals surface area contributed by atoms with E-state index in [4.69, 9.17) is 4.74 Å². The number of likely N-dealkylation sites (N-methyl/N-ethyl adjacent to an activating group) is 1. The second kappa shape index (κ2) is 6.38. The molecule has 3 nitrogen and oxygen atoms in total. The molecule has 0 aliphatic carbocycles. The van der Waals surface area contributed by atoms with Gasteiger partial charge in [0.1, 0.15) is 0 Å². The third kappa shape index (κ3) is 3.23. The molecule has 0 aromatic rings. The van der Waals surface area contributed by atoms with Crippen molar-refractivity contribution < 1.29 is 4.74 Å². The summed E-state index contributed by atoms with van der Waals surface area (Å²) in [6.45, 7) is 10.8. The van der Waals surface area contributed by atoms with Crippen LogP contribution in [0.15, 0.2) is 0 Å². The van der Waals surface area contributed by atoms with Crippen LogP contribution in [0.5, 0.6) is 0 Å². The molecule has 2 saturated heterocycles. The van der Waals surface area contributed by atoms with Crippen LogP contribution in [0, 0.1) is 0 Å². The summed E-state index contributed by atoms with van der Waals surface area (Å²) < 4.78 is 5.38. The Balaban J connectivity index is 0.000000461. The largest absolute Gasteiger partial charge is 0.380 e. The minimum Gasteiger partial charge on any atom is -0.380 e. The summed E-state index contributed by atoms with van der Waals surface area (Å²) in [6.07, 6.45) is 1.24. The average molecular weight is 200 g/mol. The number of hydrogen-bond acceptors (Lipinski definition) is 3. The standard InChI is InChI=1S/C9H18N2O.C2H6/c1-10-3-5-11(6-4-10)9-2-7-12-8-9;1-2/h9H,2-8H2,1H3;1-2H3. The highest BCUT2D eigenvalue weighted by Crippen LogP contribution is 2.13. The average Bonchev–Trinajstić information content (AvgIpc) is 2.75. The molecule has 0 amide bonds. The summed E-state index contributed by atoms with van der Waals surface area (Å²) in [5.41, 5.74) is 0. The second-order valence-electron chi connectivity index (χ2n) is 3.86. The number of nitrogens with zero attached hydrogens (tertiary/aromatic N) is 2. The summed E-state index contributed by atoms with van der Waals surface area (Å²) in [4.78, 5) is 4.97. The molecule has 1 unspecified atom stereocenters. The summed E-state index contributed by atoms with van der Waals surface area (Å²) in [7, 11) is 2.20. The maximum atomic E-state index is 5.38. The van der Waals surface area contributed by atoms with Crippen LogP contribution in [-0.4, -0.2) is 62.3 Å². The summed E-state index contributed by atoms with van der Waals surface area (Å²) in [5.74, 6) is 0. The molecular weight excluding hydrogens is 176 g/mol.